The number of rotatable bonds is 2. The lowest BCUT2D eigenvalue weighted by Gasteiger charge is -2.36. The highest BCUT2D eigenvalue weighted by Crippen LogP contribution is 2.59. The molecule has 0 spiro atoms. The average Bonchev–Trinajstić information content (AvgIpc) is 2.84. The zero-order valence-corrected chi connectivity index (χ0v) is 8.73. The molecule has 14 heavy (non-hydrogen) atoms. The molecule has 2 aliphatic rings. The third-order valence-corrected chi connectivity index (χ3v) is 4.26. The first-order valence-corrected chi connectivity index (χ1v) is 5.60. The fourth-order valence-electron chi connectivity index (χ4n) is 2.99. The van der Waals surface area contributed by atoms with Gasteiger partial charge in [0.05, 0.1) is 0 Å². The largest absolute Gasteiger partial charge is 0.327 e. The summed E-state index contributed by atoms with van der Waals surface area (Å²) in [5, 5.41) is 0. The van der Waals surface area contributed by atoms with E-state index in [1.54, 1.807) is 0 Å². The van der Waals surface area contributed by atoms with E-state index < -0.39 is 5.92 Å². The summed E-state index contributed by atoms with van der Waals surface area (Å²) in [7, 11) is 0. The number of nitrogens with two attached hydrogens (primary N) is 1. The molecule has 3 heteroatoms. The van der Waals surface area contributed by atoms with Crippen molar-refractivity contribution in [2.24, 2.45) is 17.1 Å². The van der Waals surface area contributed by atoms with Gasteiger partial charge < -0.3 is 5.73 Å². The van der Waals surface area contributed by atoms with E-state index in [9.17, 15) is 8.78 Å². The van der Waals surface area contributed by atoms with Crippen LogP contribution >= 0.6 is 0 Å². The maximum absolute atomic E-state index is 13.0. The van der Waals surface area contributed by atoms with Crippen LogP contribution in [0.1, 0.15) is 45.4 Å². The van der Waals surface area contributed by atoms with Gasteiger partial charge in [0.15, 0.2) is 0 Å². The summed E-state index contributed by atoms with van der Waals surface area (Å²) in [5.74, 6) is -1.94. The van der Waals surface area contributed by atoms with Gasteiger partial charge in [-0.15, -0.1) is 0 Å². The average molecular weight is 203 g/mol. The molecule has 0 heterocycles. The highest BCUT2D eigenvalue weighted by molar-refractivity contribution is 5.05. The molecule has 0 radical (unpaired) electrons. The minimum atomic E-state index is -2.40. The van der Waals surface area contributed by atoms with Crippen molar-refractivity contribution in [3.63, 3.8) is 0 Å². The van der Waals surface area contributed by atoms with E-state index in [2.05, 4.69) is 0 Å². The number of halogens is 2. The Hall–Kier alpha value is -0.180. The number of alkyl halides is 2. The second-order valence-corrected chi connectivity index (χ2v) is 5.15. The molecule has 2 aliphatic carbocycles. The van der Waals surface area contributed by atoms with E-state index >= 15 is 0 Å². The van der Waals surface area contributed by atoms with Crippen molar-refractivity contribution in [3.05, 3.63) is 0 Å². The van der Waals surface area contributed by atoms with Crippen molar-refractivity contribution in [3.8, 4) is 0 Å². The zero-order valence-electron chi connectivity index (χ0n) is 8.73. The van der Waals surface area contributed by atoms with Gasteiger partial charge in [0.25, 0.3) is 0 Å². The third kappa shape index (κ3) is 1.67. The molecule has 0 aromatic carbocycles. The molecule has 0 bridgehead atoms. The van der Waals surface area contributed by atoms with Crippen LogP contribution in [-0.2, 0) is 0 Å². The standard InChI is InChI=1S/C11H19F2N/c1-8(14)10(6-7-10)9-2-4-11(12,13)5-3-9/h8-9H,2-7,14H2,1H3. The van der Waals surface area contributed by atoms with E-state index in [1.807, 2.05) is 6.92 Å². The van der Waals surface area contributed by atoms with Gasteiger partial charge in [0.1, 0.15) is 0 Å². The second kappa shape index (κ2) is 3.16. The molecule has 2 fully saturated rings. The van der Waals surface area contributed by atoms with Crippen molar-refractivity contribution in [1.29, 1.82) is 0 Å². The third-order valence-electron chi connectivity index (χ3n) is 4.26. The molecule has 0 aliphatic heterocycles. The van der Waals surface area contributed by atoms with Crippen LogP contribution in [0.3, 0.4) is 0 Å². The van der Waals surface area contributed by atoms with Gasteiger partial charge in [-0.25, -0.2) is 8.78 Å². The van der Waals surface area contributed by atoms with Crippen LogP contribution in [0.5, 0.6) is 0 Å². The minimum Gasteiger partial charge on any atom is -0.327 e. The highest BCUT2D eigenvalue weighted by Gasteiger charge is 2.53. The molecule has 2 N–H and O–H groups in total. The molecule has 82 valence electrons. The van der Waals surface area contributed by atoms with Gasteiger partial charge >= 0.3 is 0 Å². The number of hydrogen-bond acceptors (Lipinski definition) is 1. The van der Waals surface area contributed by atoms with Crippen molar-refractivity contribution < 1.29 is 8.78 Å². The van der Waals surface area contributed by atoms with E-state index in [4.69, 9.17) is 5.73 Å². The van der Waals surface area contributed by atoms with Crippen molar-refractivity contribution in [2.75, 3.05) is 0 Å². The lowest BCUT2D eigenvalue weighted by atomic mass is 9.73. The predicted octanol–water partition coefficient (Wildman–Crippen LogP) is 2.94. The lowest BCUT2D eigenvalue weighted by Crippen LogP contribution is -2.38. The summed E-state index contributed by atoms with van der Waals surface area (Å²) >= 11 is 0. The van der Waals surface area contributed by atoms with Crippen molar-refractivity contribution >= 4 is 0 Å². The van der Waals surface area contributed by atoms with Crippen molar-refractivity contribution in [2.45, 2.75) is 57.4 Å². The summed E-state index contributed by atoms with van der Waals surface area (Å²) in [5.41, 5.74) is 6.18. The molecule has 0 saturated heterocycles. The van der Waals surface area contributed by atoms with Gasteiger partial charge in [-0.3, -0.25) is 0 Å². The lowest BCUT2D eigenvalue weighted by molar-refractivity contribution is -0.0557. The molecular formula is C11H19F2N. The summed E-state index contributed by atoms with van der Waals surface area (Å²) in [6.45, 7) is 2.03. The van der Waals surface area contributed by atoms with Crippen LogP contribution in [0.4, 0.5) is 8.78 Å². The van der Waals surface area contributed by atoms with E-state index in [1.165, 1.54) is 0 Å². The van der Waals surface area contributed by atoms with E-state index in [-0.39, 0.29) is 24.3 Å². The Labute approximate surface area is 84.0 Å². The monoisotopic (exact) mass is 203 g/mol. The van der Waals surface area contributed by atoms with Gasteiger partial charge in [0.2, 0.25) is 5.92 Å². The maximum atomic E-state index is 13.0. The Balaban J connectivity index is 1.96. The Morgan fingerprint density at radius 1 is 1.14 bits per heavy atom. The Morgan fingerprint density at radius 3 is 2.00 bits per heavy atom. The van der Waals surface area contributed by atoms with Crippen LogP contribution in [0.15, 0.2) is 0 Å². The Kier molecular flexibility index (Phi) is 2.33. The van der Waals surface area contributed by atoms with Crippen LogP contribution < -0.4 is 5.73 Å². The summed E-state index contributed by atoms with van der Waals surface area (Å²) < 4.78 is 25.9. The van der Waals surface area contributed by atoms with Crippen LogP contribution in [-0.4, -0.2) is 12.0 Å². The van der Waals surface area contributed by atoms with Crippen LogP contribution in [0, 0.1) is 11.3 Å². The van der Waals surface area contributed by atoms with Crippen LogP contribution in [0.25, 0.3) is 0 Å². The first kappa shape index (κ1) is 10.3. The molecule has 0 amide bonds. The van der Waals surface area contributed by atoms with Gasteiger partial charge in [-0.05, 0) is 43.9 Å². The number of hydrogen-bond donors (Lipinski definition) is 1. The SMILES string of the molecule is CC(N)C1(C2CCC(F)(F)CC2)CC1. The smallest absolute Gasteiger partial charge is 0.248 e. The molecule has 2 saturated carbocycles. The first-order valence-electron chi connectivity index (χ1n) is 5.60. The molecule has 2 rings (SSSR count). The molecular weight excluding hydrogens is 184 g/mol. The molecule has 0 aromatic heterocycles. The Bertz CT molecular complexity index is 211. The normalized spacial score (nSPS) is 32.6. The summed E-state index contributed by atoms with van der Waals surface area (Å²) in [4.78, 5) is 0. The fourth-order valence-corrected chi connectivity index (χ4v) is 2.99. The second-order valence-electron chi connectivity index (χ2n) is 5.15. The minimum absolute atomic E-state index is 0.0755. The quantitative estimate of drug-likeness (QED) is 0.733. The molecule has 1 atom stereocenters. The fraction of sp³-hybridized carbons (Fsp3) is 1.00. The maximum Gasteiger partial charge on any atom is 0.248 e. The highest BCUT2D eigenvalue weighted by atomic mass is 19.3. The molecule has 0 aromatic rings. The molecule has 1 nitrogen and oxygen atoms in total. The van der Waals surface area contributed by atoms with E-state index in [0.717, 1.165) is 12.8 Å². The summed E-state index contributed by atoms with van der Waals surface area (Å²) in [6, 6.07) is 0.180. The van der Waals surface area contributed by atoms with Crippen molar-refractivity contribution in [1.82, 2.24) is 0 Å². The first-order chi connectivity index (χ1) is 6.46. The van der Waals surface area contributed by atoms with Crippen LogP contribution in [0.2, 0.25) is 0 Å². The molecule has 1 unspecified atom stereocenters. The van der Waals surface area contributed by atoms with Gasteiger partial charge in [-0.1, -0.05) is 0 Å². The summed E-state index contributed by atoms with van der Waals surface area (Å²) in [6.07, 6.45) is 3.81. The topological polar surface area (TPSA) is 26.0 Å². The Morgan fingerprint density at radius 2 is 1.64 bits per heavy atom. The zero-order chi connectivity index (χ0) is 10.4. The van der Waals surface area contributed by atoms with Gasteiger partial charge in [0, 0.05) is 18.9 Å². The van der Waals surface area contributed by atoms with Gasteiger partial charge in [-0.2, -0.15) is 0 Å². The predicted molar refractivity (Wildman–Crippen MR) is 52.2 cm³/mol. The van der Waals surface area contributed by atoms with E-state index in [0.29, 0.717) is 18.8 Å².